The van der Waals surface area contributed by atoms with Crippen LogP contribution in [0, 0.1) is 30.4 Å². The molecule has 1 saturated heterocycles. The Hall–Kier alpha value is -4.65. The zero-order chi connectivity index (χ0) is 25.2. The Balaban J connectivity index is 1.56. The van der Waals surface area contributed by atoms with Gasteiger partial charge in [-0.3, -0.25) is 14.6 Å². The summed E-state index contributed by atoms with van der Waals surface area (Å²) in [6.07, 6.45) is 2.25. The van der Waals surface area contributed by atoms with Crippen LogP contribution in [0.5, 0.6) is 0 Å². The SMILES string of the molecule is Cc1cncc(NC(=O)C2(C)CC(=O)N(c3c(F)cc(C#Cc4ccccc4)cc3F)C(=O)N2)n1. The Morgan fingerprint density at radius 2 is 1.74 bits per heavy atom. The van der Waals surface area contributed by atoms with Crippen molar-refractivity contribution >= 4 is 29.4 Å². The second-order valence-corrected chi connectivity index (χ2v) is 8.07. The molecule has 0 bridgehead atoms. The highest BCUT2D eigenvalue weighted by Gasteiger charge is 2.47. The van der Waals surface area contributed by atoms with E-state index in [1.165, 1.54) is 19.3 Å². The van der Waals surface area contributed by atoms with Crippen LogP contribution in [-0.2, 0) is 9.59 Å². The van der Waals surface area contributed by atoms with Gasteiger partial charge in [0.25, 0.3) is 5.91 Å². The van der Waals surface area contributed by atoms with Gasteiger partial charge in [-0.05, 0) is 38.1 Å². The number of urea groups is 1. The Bertz CT molecular complexity index is 1360. The lowest BCUT2D eigenvalue weighted by Gasteiger charge is -2.37. The monoisotopic (exact) mass is 475 g/mol. The summed E-state index contributed by atoms with van der Waals surface area (Å²) in [5.41, 5.74) is -1.29. The van der Waals surface area contributed by atoms with Crippen LogP contribution < -0.4 is 15.5 Å². The predicted octanol–water partition coefficient (Wildman–Crippen LogP) is 3.31. The molecule has 1 aliphatic rings. The van der Waals surface area contributed by atoms with Crippen molar-refractivity contribution in [3.63, 3.8) is 0 Å². The summed E-state index contributed by atoms with van der Waals surface area (Å²) in [6, 6.07) is 9.57. The van der Waals surface area contributed by atoms with E-state index in [0.29, 0.717) is 16.2 Å². The van der Waals surface area contributed by atoms with Crippen molar-refractivity contribution in [2.45, 2.75) is 25.8 Å². The largest absolute Gasteiger partial charge is 0.329 e. The highest BCUT2D eigenvalue weighted by atomic mass is 19.1. The van der Waals surface area contributed by atoms with E-state index in [0.717, 1.165) is 12.1 Å². The number of halogens is 2. The fraction of sp³-hybridized carbons (Fsp3) is 0.160. The Kier molecular flexibility index (Phi) is 6.25. The average Bonchev–Trinajstić information content (AvgIpc) is 2.79. The van der Waals surface area contributed by atoms with E-state index in [2.05, 4.69) is 32.4 Å². The summed E-state index contributed by atoms with van der Waals surface area (Å²) in [5.74, 6) is 1.59. The van der Waals surface area contributed by atoms with E-state index in [4.69, 9.17) is 0 Å². The number of aromatic nitrogens is 2. The Labute approximate surface area is 199 Å². The van der Waals surface area contributed by atoms with Crippen molar-refractivity contribution in [3.05, 3.63) is 83.3 Å². The minimum atomic E-state index is -1.68. The normalized spacial score (nSPS) is 17.3. The van der Waals surface area contributed by atoms with Gasteiger partial charge in [-0.2, -0.15) is 0 Å². The van der Waals surface area contributed by atoms with Gasteiger partial charge in [0.15, 0.2) is 17.5 Å². The molecule has 0 aliphatic carbocycles. The van der Waals surface area contributed by atoms with Gasteiger partial charge in [0, 0.05) is 17.3 Å². The molecule has 3 aromatic rings. The van der Waals surface area contributed by atoms with Crippen molar-refractivity contribution in [1.82, 2.24) is 15.3 Å². The van der Waals surface area contributed by atoms with Gasteiger partial charge in [-0.15, -0.1) is 0 Å². The third kappa shape index (κ3) is 4.99. The van der Waals surface area contributed by atoms with Crippen LogP contribution in [0.4, 0.5) is 25.1 Å². The lowest BCUT2D eigenvalue weighted by atomic mass is 9.93. The third-order valence-corrected chi connectivity index (χ3v) is 5.20. The fourth-order valence-electron chi connectivity index (χ4n) is 3.49. The zero-order valence-electron chi connectivity index (χ0n) is 18.7. The maximum Gasteiger partial charge on any atom is 0.329 e. The van der Waals surface area contributed by atoms with Gasteiger partial charge < -0.3 is 10.6 Å². The summed E-state index contributed by atoms with van der Waals surface area (Å²) in [4.78, 5) is 46.7. The van der Waals surface area contributed by atoms with Crippen LogP contribution in [0.2, 0.25) is 0 Å². The number of rotatable bonds is 3. The first kappa shape index (κ1) is 23.5. The van der Waals surface area contributed by atoms with Crippen LogP contribution >= 0.6 is 0 Å². The van der Waals surface area contributed by atoms with Gasteiger partial charge in [0.1, 0.15) is 11.2 Å². The van der Waals surface area contributed by atoms with Gasteiger partial charge in [-0.1, -0.05) is 30.0 Å². The third-order valence-electron chi connectivity index (χ3n) is 5.20. The molecule has 176 valence electrons. The van der Waals surface area contributed by atoms with Crippen molar-refractivity contribution in [1.29, 1.82) is 0 Å². The number of hydrogen-bond acceptors (Lipinski definition) is 5. The second-order valence-electron chi connectivity index (χ2n) is 8.07. The molecule has 0 saturated carbocycles. The number of benzene rings is 2. The van der Waals surface area contributed by atoms with Crippen molar-refractivity contribution < 1.29 is 23.2 Å². The minimum absolute atomic E-state index is 0.0287. The molecular formula is C25H19F2N5O3. The second kappa shape index (κ2) is 9.30. The van der Waals surface area contributed by atoms with E-state index < -0.39 is 47.1 Å². The molecule has 1 aromatic heterocycles. The number of nitrogens with one attached hydrogen (secondary N) is 2. The minimum Gasteiger partial charge on any atom is -0.323 e. The number of carbonyl (C=O) groups excluding carboxylic acids is 3. The molecule has 2 heterocycles. The molecular weight excluding hydrogens is 456 g/mol. The standard InChI is InChI=1S/C25H19F2N5O3/c1-15-13-28-14-20(29-15)30-23(34)25(2)12-21(33)32(24(35)31-25)22-18(26)10-17(11-19(22)27)9-8-16-6-4-3-5-7-16/h3-7,10-11,13-14H,12H2,1-2H3,(H,31,35)(H,29,30,34). The summed E-state index contributed by atoms with van der Waals surface area (Å²) < 4.78 is 29.7. The summed E-state index contributed by atoms with van der Waals surface area (Å²) in [5, 5.41) is 4.85. The lowest BCUT2D eigenvalue weighted by molar-refractivity contribution is -0.128. The van der Waals surface area contributed by atoms with Crippen LogP contribution in [0.15, 0.2) is 54.9 Å². The first-order valence-electron chi connectivity index (χ1n) is 10.5. The van der Waals surface area contributed by atoms with E-state index in [1.807, 2.05) is 6.07 Å². The molecule has 0 spiro atoms. The quantitative estimate of drug-likeness (QED) is 0.566. The molecule has 10 heteroatoms. The molecule has 4 amide bonds. The number of amides is 4. The van der Waals surface area contributed by atoms with Gasteiger partial charge in [0.2, 0.25) is 5.91 Å². The molecule has 2 N–H and O–H groups in total. The van der Waals surface area contributed by atoms with Crippen LogP contribution in [0.25, 0.3) is 0 Å². The molecule has 1 aliphatic heterocycles. The highest BCUT2D eigenvalue weighted by molar-refractivity contribution is 6.20. The number of hydrogen-bond donors (Lipinski definition) is 2. The zero-order valence-corrected chi connectivity index (χ0v) is 18.7. The van der Waals surface area contributed by atoms with Crippen LogP contribution in [0.1, 0.15) is 30.2 Å². The summed E-state index contributed by atoms with van der Waals surface area (Å²) >= 11 is 0. The van der Waals surface area contributed by atoms with Crippen molar-refractivity contribution in [2.75, 3.05) is 10.2 Å². The Morgan fingerprint density at radius 1 is 1.09 bits per heavy atom. The first-order valence-corrected chi connectivity index (χ1v) is 10.5. The number of nitrogens with zero attached hydrogens (tertiary/aromatic N) is 3. The predicted molar refractivity (Wildman–Crippen MR) is 123 cm³/mol. The molecule has 1 fully saturated rings. The molecule has 4 rings (SSSR count). The van der Waals surface area contributed by atoms with E-state index in [1.54, 1.807) is 31.2 Å². The highest BCUT2D eigenvalue weighted by Crippen LogP contribution is 2.30. The van der Waals surface area contributed by atoms with E-state index in [-0.39, 0.29) is 11.4 Å². The van der Waals surface area contributed by atoms with Crippen LogP contribution in [0.3, 0.4) is 0 Å². The topological polar surface area (TPSA) is 104 Å². The van der Waals surface area contributed by atoms with Crippen LogP contribution in [-0.4, -0.2) is 33.4 Å². The van der Waals surface area contributed by atoms with Crippen molar-refractivity contribution in [2.24, 2.45) is 0 Å². The molecule has 1 atom stereocenters. The fourth-order valence-corrected chi connectivity index (χ4v) is 3.49. The molecule has 0 radical (unpaired) electrons. The summed E-state index contributed by atoms with van der Waals surface area (Å²) in [6.45, 7) is 3.00. The smallest absolute Gasteiger partial charge is 0.323 e. The van der Waals surface area contributed by atoms with Crippen molar-refractivity contribution in [3.8, 4) is 11.8 Å². The Morgan fingerprint density at radius 3 is 2.37 bits per heavy atom. The maximum atomic E-state index is 14.9. The number of anilines is 2. The number of aryl methyl sites for hydroxylation is 1. The summed E-state index contributed by atoms with van der Waals surface area (Å²) in [7, 11) is 0. The lowest BCUT2D eigenvalue weighted by Crippen LogP contribution is -2.65. The van der Waals surface area contributed by atoms with E-state index >= 15 is 0 Å². The van der Waals surface area contributed by atoms with Gasteiger partial charge in [-0.25, -0.2) is 23.5 Å². The number of imide groups is 1. The molecule has 35 heavy (non-hydrogen) atoms. The maximum absolute atomic E-state index is 14.9. The van der Waals surface area contributed by atoms with Gasteiger partial charge in [0.05, 0.1) is 18.3 Å². The van der Waals surface area contributed by atoms with Gasteiger partial charge >= 0.3 is 6.03 Å². The van der Waals surface area contributed by atoms with E-state index in [9.17, 15) is 23.2 Å². The molecule has 8 nitrogen and oxygen atoms in total. The number of carbonyl (C=O) groups is 3. The first-order chi connectivity index (χ1) is 16.7. The average molecular weight is 475 g/mol. The molecule has 2 aromatic carbocycles. The molecule has 1 unspecified atom stereocenters.